The Bertz CT molecular complexity index is 623. The summed E-state index contributed by atoms with van der Waals surface area (Å²) in [4.78, 5) is 13.2. The van der Waals surface area contributed by atoms with Crippen molar-refractivity contribution in [2.24, 2.45) is 0 Å². The summed E-state index contributed by atoms with van der Waals surface area (Å²) in [5, 5.41) is 2.79. The molecule has 0 fully saturated rings. The third kappa shape index (κ3) is 5.99. The minimum absolute atomic E-state index is 0.0304. The van der Waals surface area contributed by atoms with Crippen LogP contribution in [-0.2, 0) is 4.79 Å². The van der Waals surface area contributed by atoms with Gasteiger partial charge in [-0.1, -0.05) is 24.3 Å². The highest BCUT2D eigenvalue weighted by Crippen LogP contribution is 2.22. The molecule has 0 bridgehead atoms. The van der Waals surface area contributed by atoms with Crippen molar-refractivity contribution in [1.29, 1.82) is 0 Å². The lowest BCUT2D eigenvalue weighted by Gasteiger charge is -2.13. The van der Waals surface area contributed by atoms with E-state index in [0.717, 1.165) is 10.6 Å². The van der Waals surface area contributed by atoms with Gasteiger partial charge in [0.1, 0.15) is 12.4 Å². The molecule has 2 rings (SSSR count). The summed E-state index contributed by atoms with van der Waals surface area (Å²) < 4.78 is 5.69. The highest BCUT2D eigenvalue weighted by molar-refractivity contribution is 8.00. The predicted molar refractivity (Wildman–Crippen MR) is 96.2 cm³/mol. The number of hydrogen-bond acceptors (Lipinski definition) is 3. The SMILES string of the molecule is Cc1cc(C)cc(OCCNC(=O)C(C)Sc2ccccc2)c1. The monoisotopic (exact) mass is 329 g/mol. The van der Waals surface area contributed by atoms with E-state index in [4.69, 9.17) is 4.74 Å². The molecule has 122 valence electrons. The van der Waals surface area contributed by atoms with Crippen LogP contribution < -0.4 is 10.1 Å². The Morgan fingerprint density at radius 2 is 1.78 bits per heavy atom. The summed E-state index contributed by atoms with van der Waals surface area (Å²) in [6.45, 7) is 6.98. The third-order valence-corrected chi connectivity index (χ3v) is 4.40. The summed E-state index contributed by atoms with van der Waals surface area (Å²) in [7, 11) is 0. The zero-order chi connectivity index (χ0) is 16.7. The summed E-state index contributed by atoms with van der Waals surface area (Å²) >= 11 is 1.56. The van der Waals surface area contributed by atoms with Crippen molar-refractivity contribution in [2.45, 2.75) is 30.9 Å². The van der Waals surface area contributed by atoms with Crippen LogP contribution >= 0.6 is 11.8 Å². The van der Waals surface area contributed by atoms with E-state index in [-0.39, 0.29) is 11.2 Å². The molecule has 0 heterocycles. The van der Waals surface area contributed by atoms with E-state index >= 15 is 0 Å². The van der Waals surface area contributed by atoms with E-state index in [0.29, 0.717) is 13.2 Å². The van der Waals surface area contributed by atoms with Gasteiger partial charge in [-0.25, -0.2) is 0 Å². The lowest BCUT2D eigenvalue weighted by Crippen LogP contribution is -2.33. The van der Waals surface area contributed by atoms with Gasteiger partial charge in [-0.2, -0.15) is 0 Å². The number of carbonyl (C=O) groups is 1. The van der Waals surface area contributed by atoms with Crippen LogP contribution in [0, 0.1) is 13.8 Å². The molecule has 0 aliphatic carbocycles. The van der Waals surface area contributed by atoms with Crippen molar-refractivity contribution in [2.75, 3.05) is 13.2 Å². The fourth-order valence-corrected chi connectivity index (χ4v) is 3.17. The molecule has 0 aliphatic rings. The summed E-state index contributed by atoms with van der Waals surface area (Å²) in [5.74, 6) is 0.881. The standard InChI is InChI=1S/C19H23NO2S/c1-14-11-15(2)13-17(12-14)22-10-9-20-19(21)16(3)23-18-7-5-4-6-8-18/h4-8,11-13,16H,9-10H2,1-3H3,(H,20,21). The fraction of sp³-hybridized carbons (Fsp3) is 0.316. The Morgan fingerprint density at radius 3 is 2.43 bits per heavy atom. The van der Waals surface area contributed by atoms with Crippen LogP contribution in [0.4, 0.5) is 0 Å². The second-order valence-electron chi connectivity index (χ2n) is 5.54. The fourth-order valence-electron chi connectivity index (χ4n) is 2.26. The molecule has 0 aromatic heterocycles. The largest absolute Gasteiger partial charge is 0.492 e. The van der Waals surface area contributed by atoms with Gasteiger partial charge in [0.2, 0.25) is 5.91 Å². The summed E-state index contributed by atoms with van der Waals surface area (Å²) in [6.07, 6.45) is 0. The van der Waals surface area contributed by atoms with Gasteiger partial charge < -0.3 is 10.1 Å². The maximum atomic E-state index is 12.1. The molecular formula is C19H23NO2S. The minimum atomic E-state index is -0.126. The minimum Gasteiger partial charge on any atom is -0.492 e. The van der Waals surface area contributed by atoms with Gasteiger partial charge in [-0.3, -0.25) is 4.79 Å². The van der Waals surface area contributed by atoms with Crippen LogP contribution in [0.3, 0.4) is 0 Å². The zero-order valence-corrected chi connectivity index (χ0v) is 14.7. The number of hydrogen-bond donors (Lipinski definition) is 1. The highest BCUT2D eigenvalue weighted by atomic mass is 32.2. The molecule has 2 aromatic rings. The van der Waals surface area contributed by atoms with Crippen molar-refractivity contribution >= 4 is 17.7 Å². The Balaban J connectivity index is 1.72. The van der Waals surface area contributed by atoms with E-state index in [1.807, 2.05) is 63.2 Å². The molecule has 1 unspecified atom stereocenters. The van der Waals surface area contributed by atoms with E-state index in [1.54, 1.807) is 11.8 Å². The van der Waals surface area contributed by atoms with Gasteiger partial charge in [0, 0.05) is 4.90 Å². The Kier molecular flexibility index (Phi) is 6.53. The number of thioether (sulfide) groups is 1. The normalized spacial score (nSPS) is 11.8. The molecule has 0 radical (unpaired) electrons. The lowest BCUT2D eigenvalue weighted by molar-refractivity contribution is -0.120. The Hall–Kier alpha value is -1.94. The van der Waals surface area contributed by atoms with Crippen molar-refractivity contribution in [1.82, 2.24) is 5.32 Å². The van der Waals surface area contributed by atoms with Gasteiger partial charge in [-0.15, -0.1) is 11.8 Å². The highest BCUT2D eigenvalue weighted by Gasteiger charge is 2.13. The van der Waals surface area contributed by atoms with Crippen molar-refractivity contribution in [3.8, 4) is 5.75 Å². The first-order valence-corrected chi connectivity index (χ1v) is 8.63. The van der Waals surface area contributed by atoms with Gasteiger partial charge in [-0.05, 0) is 56.2 Å². The second kappa shape index (κ2) is 8.63. The number of aryl methyl sites for hydroxylation is 2. The van der Waals surface area contributed by atoms with Crippen LogP contribution in [0.15, 0.2) is 53.4 Å². The molecule has 1 atom stereocenters. The van der Waals surface area contributed by atoms with Gasteiger partial charge in [0.05, 0.1) is 11.8 Å². The van der Waals surface area contributed by atoms with E-state index in [9.17, 15) is 4.79 Å². The van der Waals surface area contributed by atoms with Crippen molar-refractivity contribution < 1.29 is 9.53 Å². The number of benzene rings is 2. The molecular weight excluding hydrogens is 306 g/mol. The molecule has 3 nitrogen and oxygen atoms in total. The smallest absolute Gasteiger partial charge is 0.233 e. The summed E-state index contributed by atoms with van der Waals surface area (Å²) in [6, 6.07) is 16.1. The van der Waals surface area contributed by atoms with E-state index in [1.165, 1.54) is 11.1 Å². The number of carbonyl (C=O) groups excluding carboxylic acids is 1. The van der Waals surface area contributed by atoms with E-state index in [2.05, 4.69) is 11.4 Å². The molecule has 1 amide bonds. The first-order valence-electron chi connectivity index (χ1n) is 7.75. The number of rotatable bonds is 7. The van der Waals surface area contributed by atoms with Crippen molar-refractivity contribution in [3.05, 3.63) is 59.7 Å². The topological polar surface area (TPSA) is 38.3 Å². The lowest BCUT2D eigenvalue weighted by atomic mass is 10.1. The van der Waals surface area contributed by atoms with Gasteiger partial charge >= 0.3 is 0 Å². The number of amides is 1. The molecule has 0 saturated heterocycles. The van der Waals surface area contributed by atoms with Gasteiger partial charge in [0.15, 0.2) is 0 Å². The average Bonchev–Trinajstić information content (AvgIpc) is 2.51. The maximum absolute atomic E-state index is 12.1. The Morgan fingerprint density at radius 1 is 1.13 bits per heavy atom. The van der Waals surface area contributed by atoms with Crippen LogP contribution in [0.5, 0.6) is 5.75 Å². The predicted octanol–water partition coefficient (Wildman–Crippen LogP) is 3.98. The van der Waals surface area contributed by atoms with Gasteiger partial charge in [0.25, 0.3) is 0 Å². The van der Waals surface area contributed by atoms with E-state index < -0.39 is 0 Å². The van der Waals surface area contributed by atoms with Crippen LogP contribution in [0.2, 0.25) is 0 Å². The third-order valence-electron chi connectivity index (χ3n) is 3.29. The first-order chi connectivity index (χ1) is 11.0. The Labute approximate surface area is 142 Å². The average molecular weight is 329 g/mol. The first kappa shape index (κ1) is 17.4. The molecule has 2 aromatic carbocycles. The molecule has 1 N–H and O–H groups in total. The van der Waals surface area contributed by atoms with Crippen LogP contribution in [0.1, 0.15) is 18.1 Å². The molecule has 0 spiro atoms. The molecule has 0 saturated carbocycles. The molecule has 23 heavy (non-hydrogen) atoms. The summed E-state index contributed by atoms with van der Waals surface area (Å²) in [5.41, 5.74) is 2.36. The van der Waals surface area contributed by atoms with Crippen LogP contribution in [-0.4, -0.2) is 24.3 Å². The molecule has 4 heteroatoms. The zero-order valence-electron chi connectivity index (χ0n) is 13.8. The van der Waals surface area contributed by atoms with Crippen LogP contribution in [0.25, 0.3) is 0 Å². The molecule has 0 aliphatic heterocycles. The number of ether oxygens (including phenoxy) is 1. The second-order valence-corrected chi connectivity index (χ2v) is 6.95. The maximum Gasteiger partial charge on any atom is 0.233 e. The van der Waals surface area contributed by atoms with Crippen molar-refractivity contribution in [3.63, 3.8) is 0 Å². The number of nitrogens with one attached hydrogen (secondary N) is 1. The quantitative estimate of drug-likeness (QED) is 0.617.